The van der Waals surface area contributed by atoms with Gasteiger partial charge >= 0.3 is 0 Å². The number of rotatable bonds is 6. The van der Waals surface area contributed by atoms with Gasteiger partial charge in [0.1, 0.15) is 0 Å². The Morgan fingerprint density at radius 1 is 1.31 bits per heavy atom. The summed E-state index contributed by atoms with van der Waals surface area (Å²) < 4.78 is 0. The van der Waals surface area contributed by atoms with E-state index in [4.69, 9.17) is 0 Å². The van der Waals surface area contributed by atoms with Crippen molar-refractivity contribution < 1.29 is 9.90 Å². The number of nitrogens with one attached hydrogen (secondary N) is 2. The Morgan fingerprint density at radius 3 is 2.56 bits per heavy atom. The van der Waals surface area contributed by atoms with Crippen molar-refractivity contribution in [2.24, 2.45) is 5.92 Å². The van der Waals surface area contributed by atoms with Crippen LogP contribution in [0.15, 0.2) is 0 Å². The molecular weight excluding hydrogens is 204 g/mol. The van der Waals surface area contributed by atoms with E-state index in [2.05, 4.69) is 10.6 Å². The highest BCUT2D eigenvalue weighted by Gasteiger charge is 2.34. The van der Waals surface area contributed by atoms with Gasteiger partial charge in [0, 0.05) is 0 Å². The zero-order valence-corrected chi connectivity index (χ0v) is 9.80. The van der Waals surface area contributed by atoms with Crippen LogP contribution in [0.2, 0.25) is 0 Å². The van der Waals surface area contributed by atoms with Crippen LogP contribution in [0.25, 0.3) is 0 Å². The summed E-state index contributed by atoms with van der Waals surface area (Å²) in [7, 11) is 0. The van der Waals surface area contributed by atoms with Gasteiger partial charge in [-0.2, -0.15) is 0 Å². The van der Waals surface area contributed by atoms with Gasteiger partial charge in [0.25, 0.3) is 0 Å². The molecule has 0 unspecified atom stereocenters. The molecule has 0 aromatic carbocycles. The van der Waals surface area contributed by atoms with Gasteiger partial charge in [-0.1, -0.05) is 12.8 Å². The van der Waals surface area contributed by atoms with Crippen molar-refractivity contribution in [1.29, 1.82) is 0 Å². The molecule has 0 spiro atoms. The maximum atomic E-state index is 11.7. The standard InChI is InChI=1S/C12H22N2O2/c15-9-12(5-1-2-6-12)14-11(16)8-13-7-10-3-4-10/h10,13,15H,1-9H2,(H,14,16). The van der Waals surface area contributed by atoms with Crippen molar-refractivity contribution in [2.45, 2.75) is 44.1 Å². The first-order chi connectivity index (χ1) is 7.74. The lowest BCUT2D eigenvalue weighted by atomic mass is 9.99. The molecule has 2 aliphatic carbocycles. The molecule has 0 radical (unpaired) electrons. The van der Waals surface area contributed by atoms with E-state index in [1.807, 2.05) is 0 Å². The van der Waals surface area contributed by atoms with Crippen LogP contribution < -0.4 is 10.6 Å². The molecule has 2 rings (SSSR count). The summed E-state index contributed by atoms with van der Waals surface area (Å²) in [5.41, 5.74) is -0.321. The van der Waals surface area contributed by atoms with Gasteiger partial charge in [0.05, 0.1) is 18.7 Å². The van der Waals surface area contributed by atoms with Crippen molar-refractivity contribution in [2.75, 3.05) is 19.7 Å². The molecule has 3 N–H and O–H groups in total. The molecule has 2 saturated carbocycles. The molecule has 0 atom stereocenters. The molecule has 0 saturated heterocycles. The summed E-state index contributed by atoms with van der Waals surface area (Å²) in [6.07, 6.45) is 6.65. The highest BCUT2D eigenvalue weighted by molar-refractivity contribution is 5.78. The molecule has 92 valence electrons. The SMILES string of the molecule is O=C(CNCC1CC1)NC1(CO)CCCC1. The van der Waals surface area contributed by atoms with Crippen molar-refractivity contribution >= 4 is 5.91 Å². The summed E-state index contributed by atoms with van der Waals surface area (Å²) in [5.74, 6) is 0.822. The Kier molecular flexibility index (Phi) is 3.82. The molecule has 0 heterocycles. The van der Waals surface area contributed by atoms with E-state index in [9.17, 15) is 9.90 Å². The second kappa shape index (κ2) is 5.15. The average Bonchev–Trinajstić information content (AvgIpc) is 2.98. The Labute approximate surface area is 96.8 Å². The molecule has 0 aromatic heterocycles. The number of hydrogen-bond acceptors (Lipinski definition) is 3. The van der Waals surface area contributed by atoms with Gasteiger partial charge in [0.2, 0.25) is 5.91 Å². The Morgan fingerprint density at radius 2 is 2.00 bits per heavy atom. The number of carbonyl (C=O) groups is 1. The molecular formula is C12H22N2O2. The van der Waals surface area contributed by atoms with Gasteiger partial charge in [-0.15, -0.1) is 0 Å². The van der Waals surface area contributed by atoms with Crippen LogP contribution in [0.1, 0.15) is 38.5 Å². The number of carbonyl (C=O) groups excluding carboxylic acids is 1. The van der Waals surface area contributed by atoms with Crippen LogP contribution in [-0.4, -0.2) is 36.2 Å². The van der Waals surface area contributed by atoms with Gasteiger partial charge < -0.3 is 15.7 Å². The summed E-state index contributed by atoms with van der Waals surface area (Å²) >= 11 is 0. The Balaban J connectivity index is 1.67. The lowest BCUT2D eigenvalue weighted by Crippen LogP contribution is -2.51. The van der Waals surface area contributed by atoms with Crippen LogP contribution in [0.5, 0.6) is 0 Å². The highest BCUT2D eigenvalue weighted by atomic mass is 16.3. The third kappa shape index (κ3) is 3.19. The molecule has 0 aromatic rings. The Bertz CT molecular complexity index is 245. The smallest absolute Gasteiger partial charge is 0.234 e. The molecule has 2 aliphatic rings. The lowest BCUT2D eigenvalue weighted by molar-refractivity contribution is -0.122. The van der Waals surface area contributed by atoms with E-state index in [0.29, 0.717) is 6.54 Å². The first-order valence-electron chi connectivity index (χ1n) is 6.37. The first kappa shape index (κ1) is 11.9. The number of aliphatic hydroxyl groups excluding tert-OH is 1. The molecule has 2 fully saturated rings. The predicted molar refractivity (Wildman–Crippen MR) is 62.0 cm³/mol. The fraction of sp³-hybridized carbons (Fsp3) is 0.917. The summed E-state index contributed by atoms with van der Waals surface area (Å²) in [4.78, 5) is 11.7. The number of aliphatic hydroxyl groups is 1. The summed E-state index contributed by atoms with van der Waals surface area (Å²) in [6, 6.07) is 0. The van der Waals surface area contributed by atoms with Crippen LogP contribution in [0.4, 0.5) is 0 Å². The van der Waals surface area contributed by atoms with Crippen LogP contribution in [-0.2, 0) is 4.79 Å². The fourth-order valence-corrected chi connectivity index (χ4v) is 2.43. The summed E-state index contributed by atoms with van der Waals surface area (Å²) in [5, 5.41) is 15.5. The average molecular weight is 226 g/mol. The Hall–Kier alpha value is -0.610. The molecule has 1 amide bonds. The zero-order valence-electron chi connectivity index (χ0n) is 9.80. The molecule has 4 heteroatoms. The number of amides is 1. The first-order valence-corrected chi connectivity index (χ1v) is 6.37. The monoisotopic (exact) mass is 226 g/mol. The molecule has 16 heavy (non-hydrogen) atoms. The largest absolute Gasteiger partial charge is 0.394 e. The lowest BCUT2D eigenvalue weighted by Gasteiger charge is -2.28. The van der Waals surface area contributed by atoms with Gasteiger partial charge in [-0.05, 0) is 38.1 Å². The maximum Gasteiger partial charge on any atom is 0.234 e. The molecule has 4 nitrogen and oxygen atoms in total. The van der Waals surface area contributed by atoms with Crippen LogP contribution in [0, 0.1) is 5.92 Å². The predicted octanol–water partition coefficient (Wildman–Crippen LogP) is 0.407. The van der Waals surface area contributed by atoms with Crippen LogP contribution >= 0.6 is 0 Å². The van der Waals surface area contributed by atoms with E-state index in [1.165, 1.54) is 12.8 Å². The van der Waals surface area contributed by atoms with Crippen molar-refractivity contribution in [3.63, 3.8) is 0 Å². The number of hydrogen-bond donors (Lipinski definition) is 3. The van der Waals surface area contributed by atoms with Crippen molar-refractivity contribution in [3.8, 4) is 0 Å². The van der Waals surface area contributed by atoms with E-state index >= 15 is 0 Å². The normalized spacial score (nSPS) is 23.3. The zero-order chi connectivity index (χ0) is 11.4. The van der Waals surface area contributed by atoms with Crippen LogP contribution in [0.3, 0.4) is 0 Å². The quantitative estimate of drug-likeness (QED) is 0.614. The minimum atomic E-state index is -0.321. The minimum absolute atomic E-state index is 0.0246. The molecule has 0 aliphatic heterocycles. The fourth-order valence-electron chi connectivity index (χ4n) is 2.43. The third-order valence-corrected chi connectivity index (χ3v) is 3.68. The van der Waals surface area contributed by atoms with Crippen molar-refractivity contribution in [1.82, 2.24) is 10.6 Å². The minimum Gasteiger partial charge on any atom is -0.394 e. The third-order valence-electron chi connectivity index (χ3n) is 3.68. The van der Waals surface area contributed by atoms with E-state index in [1.54, 1.807) is 0 Å². The van der Waals surface area contributed by atoms with Gasteiger partial charge in [0.15, 0.2) is 0 Å². The van der Waals surface area contributed by atoms with E-state index < -0.39 is 0 Å². The highest BCUT2D eigenvalue weighted by Crippen LogP contribution is 2.29. The van der Waals surface area contributed by atoms with Gasteiger partial charge in [-0.25, -0.2) is 0 Å². The van der Waals surface area contributed by atoms with Gasteiger partial charge in [-0.3, -0.25) is 4.79 Å². The van der Waals surface area contributed by atoms with E-state index in [0.717, 1.165) is 38.1 Å². The summed E-state index contributed by atoms with van der Waals surface area (Å²) in [6.45, 7) is 1.42. The molecule has 0 bridgehead atoms. The maximum absolute atomic E-state index is 11.7. The topological polar surface area (TPSA) is 61.4 Å². The second-order valence-corrected chi connectivity index (χ2v) is 5.27. The van der Waals surface area contributed by atoms with Crippen molar-refractivity contribution in [3.05, 3.63) is 0 Å². The second-order valence-electron chi connectivity index (χ2n) is 5.27. The van der Waals surface area contributed by atoms with E-state index in [-0.39, 0.29) is 18.1 Å².